The zero-order valence-electron chi connectivity index (χ0n) is 15.3. The van der Waals surface area contributed by atoms with Crippen LogP contribution in [0.25, 0.3) is 0 Å². The van der Waals surface area contributed by atoms with Crippen molar-refractivity contribution >= 4 is 0 Å². The van der Waals surface area contributed by atoms with Gasteiger partial charge in [-0.1, -0.05) is 61.5 Å². The Balaban J connectivity index is 1.55. The molecule has 0 bridgehead atoms. The number of phenolic OH excluding ortho intramolecular Hbond substituents is 1. The van der Waals surface area contributed by atoms with E-state index in [0.29, 0.717) is 23.6 Å². The number of nitrogens with zero attached hydrogens (tertiary/aromatic N) is 1. The van der Waals surface area contributed by atoms with E-state index in [1.165, 1.54) is 11.1 Å². The van der Waals surface area contributed by atoms with Crippen molar-refractivity contribution in [2.75, 3.05) is 13.1 Å². The Bertz CT molecular complexity index is 694. The standard InChI is InChI=1S/C23H29NO/c1-18-19(2)24(15-7-6-11-20-9-4-3-5-10-20)16-14-23(18)21-12-8-13-22(25)17-21/h3-10,12-13,17-19,23,25H,11,14-16H2,1-2H3/b7-6+/t18-,19?,23+/m0/s1. The molecule has 1 saturated heterocycles. The summed E-state index contributed by atoms with van der Waals surface area (Å²) < 4.78 is 0. The van der Waals surface area contributed by atoms with Crippen LogP contribution >= 0.6 is 0 Å². The van der Waals surface area contributed by atoms with Gasteiger partial charge in [0.2, 0.25) is 0 Å². The predicted octanol–water partition coefficient (Wildman–Crippen LogP) is 5.01. The van der Waals surface area contributed by atoms with Crippen LogP contribution in [0.5, 0.6) is 5.75 Å². The Labute approximate surface area is 151 Å². The minimum atomic E-state index is 0.378. The number of hydrogen-bond acceptors (Lipinski definition) is 2. The fraction of sp³-hybridized carbons (Fsp3) is 0.391. The highest BCUT2D eigenvalue weighted by molar-refractivity contribution is 5.30. The average Bonchev–Trinajstić information content (AvgIpc) is 2.63. The van der Waals surface area contributed by atoms with Gasteiger partial charge in [0.1, 0.15) is 5.75 Å². The second kappa shape index (κ2) is 8.35. The van der Waals surface area contributed by atoms with Crippen molar-refractivity contribution < 1.29 is 5.11 Å². The molecule has 0 saturated carbocycles. The topological polar surface area (TPSA) is 23.5 Å². The van der Waals surface area contributed by atoms with Crippen LogP contribution in [0.15, 0.2) is 66.7 Å². The van der Waals surface area contributed by atoms with Crippen LogP contribution in [0.2, 0.25) is 0 Å². The molecule has 132 valence electrons. The summed E-state index contributed by atoms with van der Waals surface area (Å²) in [5, 5.41) is 9.77. The molecular weight excluding hydrogens is 306 g/mol. The first-order valence-corrected chi connectivity index (χ1v) is 9.37. The van der Waals surface area contributed by atoms with E-state index in [2.05, 4.69) is 67.3 Å². The smallest absolute Gasteiger partial charge is 0.115 e. The third-order valence-corrected chi connectivity index (χ3v) is 5.70. The molecule has 2 nitrogen and oxygen atoms in total. The van der Waals surface area contributed by atoms with Gasteiger partial charge in [0.25, 0.3) is 0 Å². The van der Waals surface area contributed by atoms with Crippen LogP contribution in [0.4, 0.5) is 0 Å². The molecule has 25 heavy (non-hydrogen) atoms. The summed E-state index contributed by atoms with van der Waals surface area (Å²) in [5.74, 6) is 1.49. The van der Waals surface area contributed by atoms with Gasteiger partial charge in [-0.05, 0) is 61.4 Å². The summed E-state index contributed by atoms with van der Waals surface area (Å²) in [5.41, 5.74) is 2.64. The number of phenols is 1. The molecule has 1 aliphatic heterocycles. The first-order valence-electron chi connectivity index (χ1n) is 9.37. The van der Waals surface area contributed by atoms with Crippen molar-refractivity contribution in [2.45, 2.75) is 38.6 Å². The third kappa shape index (κ3) is 4.52. The van der Waals surface area contributed by atoms with Gasteiger partial charge < -0.3 is 5.11 Å². The molecule has 1 aliphatic rings. The lowest BCUT2D eigenvalue weighted by Crippen LogP contribution is -2.45. The van der Waals surface area contributed by atoms with Crippen molar-refractivity contribution in [3.8, 4) is 5.75 Å². The maximum Gasteiger partial charge on any atom is 0.115 e. The highest BCUT2D eigenvalue weighted by Gasteiger charge is 2.32. The normalized spacial score (nSPS) is 24.6. The molecule has 0 aliphatic carbocycles. The van der Waals surface area contributed by atoms with Crippen LogP contribution in [0.1, 0.15) is 37.3 Å². The van der Waals surface area contributed by atoms with Gasteiger partial charge in [0, 0.05) is 12.6 Å². The Kier molecular flexibility index (Phi) is 5.93. The van der Waals surface area contributed by atoms with Gasteiger partial charge in [-0.25, -0.2) is 0 Å². The van der Waals surface area contributed by atoms with E-state index in [1.807, 2.05) is 12.1 Å². The average molecular weight is 335 g/mol. The molecule has 0 spiro atoms. The minimum absolute atomic E-state index is 0.378. The number of rotatable bonds is 5. The molecule has 0 radical (unpaired) electrons. The number of aromatic hydroxyl groups is 1. The molecule has 1 heterocycles. The quantitative estimate of drug-likeness (QED) is 0.777. The highest BCUT2D eigenvalue weighted by Crippen LogP contribution is 2.37. The molecule has 0 amide bonds. The van der Waals surface area contributed by atoms with Crippen molar-refractivity contribution in [2.24, 2.45) is 5.92 Å². The van der Waals surface area contributed by atoms with Gasteiger partial charge >= 0.3 is 0 Å². The predicted molar refractivity (Wildman–Crippen MR) is 105 cm³/mol. The Hall–Kier alpha value is -2.06. The molecule has 1 N–H and O–H groups in total. The summed E-state index contributed by atoms with van der Waals surface area (Å²) in [6.45, 7) is 6.82. The number of allylic oxidation sites excluding steroid dienone is 1. The van der Waals surface area contributed by atoms with E-state index in [4.69, 9.17) is 0 Å². The molecular formula is C23H29NO. The molecule has 3 atom stereocenters. The number of benzene rings is 2. The maximum atomic E-state index is 9.77. The molecule has 0 aromatic heterocycles. The van der Waals surface area contributed by atoms with Gasteiger partial charge in [0.15, 0.2) is 0 Å². The third-order valence-electron chi connectivity index (χ3n) is 5.70. The largest absolute Gasteiger partial charge is 0.508 e. The van der Waals surface area contributed by atoms with E-state index in [9.17, 15) is 5.11 Å². The van der Waals surface area contributed by atoms with Gasteiger partial charge in [-0.15, -0.1) is 0 Å². The monoisotopic (exact) mass is 335 g/mol. The summed E-state index contributed by atoms with van der Waals surface area (Å²) in [6, 6.07) is 19.0. The van der Waals surface area contributed by atoms with Crippen LogP contribution in [0, 0.1) is 5.92 Å². The van der Waals surface area contributed by atoms with E-state index in [1.54, 1.807) is 6.07 Å². The van der Waals surface area contributed by atoms with Crippen molar-refractivity contribution in [3.05, 3.63) is 77.9 Å². The molecule has 2 heteroatoms. The minimum Gasteiger partial charge on any atom is -0.508 e. The van der Waals surface area contributed by atoms with Crippen molar-refractivity contribution in [3.63, 3.8) is 0 Å². The molecule has 1 fully saturated rings. The lowest BCUT2D eigenvalue weighted by Gasteiger charge is -2.42. The highest BCUT2D eigenvalue weighted by atomic mass is 16.3. The lowest BCUT2D eigenvalue weighted by atomic mass is 9.77. The molecule has 2 aromatic rings. The zero-order valence-corrected chi connectivity index (χ0v) is 15.3. The summed E-state index contributed by atoms with van der Waals surface area (Å²) in [7, 11) is 0. The molecule has 2 aromatic carbocycles. The zero-order chi connectivity index (χ0) is 17.6. The fourth-order valence-electron chi connectivity index (χ4n) is 3.97. The number of likely N-dealkylation sites (tertiary alicyclic amines) is 1. The summed E-state index contributed by atoms with van der Waals surface area (Å²) in [6.07, 6.45) is 6.75. The molecule has 3 rings (SSSR count). The lowest BCUT2D eigenvalue weighted by molar-refractivity contribution is 0.108. The Morgan fingerprint density at radius 2 is 1.84 bits per heavy atom. The van der Waals surface area contributed by atoms with Crippen molar-refractivity contribution in [1.29, 1.82) is 0 Å². The van der Waals surface area contributed by atoms with E-state index < -0.39 is 0 Å². The van der Waals surface area contributed by atoms with Crippen LogP contribution < -0.4 is 0 Å². The second-order valence-electron chi connectivity index (χ2n) is 7.25. The summed E-state index contributed by atoms with van der Waals surface area (Å²) in [4.78, 5) is 2.57. The molecule has 1 unspecified atom stereocenters. The first kappa shape index (κ1) is 17.8. The van der Waals surface area contributed by atoms with Gasteiger partial charge in [-0.3, -0.25) is 4.90 Å². The second-order valence-corrected chi connectivity index (χ2v) is 7.25. The number of piperidine rings is 1. The van der Waals surface area contributed by atoms with Crippen LogP contribution in [-0.2, 0) is 6.42 Å². The van der Waals surface area contributed by atoms with Gasteiger partial charge in [-0.2, -0.15) is 0 Å². The maximum absolute atomic E-state index is 9.77. The van der Waals surface area contributed by atoms with Crippen molar-refractivity contribution in [1.82, 2.24) is 4.90 Å². The number of hydrogen-bond donors (Lipinski definition) is 1. The van der Waals surface area contributed by atoms with E-state index in [0.717, 1.165) is 25.9 Å². The SMILES string of the molecule is CC1[C@H](C)[C@H](c2cccc(O)c2)CCN1C/C=C/Cc1ccccc1. The van der Waals surface area contributed by atoms with Crippen LogP contribution in [-0.4, -0.2) is 29.1 Å². The van der Waals surface area contributed by atoms with Gasteiger partial charge in [0.05, 0.1) is 0 Å². The first-order chi connectivity index (χ1) is 12.1. The fourth-order valence-corrected chi connectivity index (χ4v) is 3.97. The Morgan fingerprint density at radius 1 is 1.04 bits per heavy atom. The summed E-state index contributed by atoms with van der Waals surface area (Å²) >= 11 is 0. The van der Waals surface area contributed by atoms with E-state index in [-0.39, 0.29) is 0 Å². The van der Waals surface area contributed by atoms with Crippen LogP contribution in [0.3, 0.4) is 0 Å². The Morgan fingerprint density at radius 3 is 2.60 bits per heavy atom. The van der Waals surface area contributed by atoms with E-state index >= 15 is 0 Å².